The predicted octanol–water partition coefficient (Wildman–Crippen LogP) is 4.69. The number of rotatable bonds is 1. The number of hydrogen-bond donors (Lipinski definition) is 0. The number of pyridine rings is 1. The summed E-state index contributed by atoms with van der Waals surface area (Å²) in [6, 6.07) is 14.8. The Morgan fingerprint density at radius 3 is 2.43 bits per heavy atom. The van der Waals surface area contributed by atoms with Crippen LogP contribution in [0.15, 0.2) is 54.7 Å². The van der Waals surface area contributed by atoms with Gasteiger partial charge in [-0.2, -0.15) is 0 Å². The van der Waals surface area contributed by atoms with E-state index in [2.05, 4.69) is 0 Å². The maximum Gasteiger partial charge on any atom is 0.216 e. The van der Waals surface area contributed by atoms with Crippen LogP contribution >= 0.6 is 0 Å². The molecule has 0 amide bonds. The summed E-state index contributed by atoms with van der Waals surface area (Å²) in [4.78, 5) is 0. The summed E-state index contributed by atoms with van der Waals surface area (Å²) in [7, 11) is 1.83. The minimum atomic E-state index is -2.14. The van der Waals surface area contributed by atoms with Gasteiger partial charge >= 0.3 is 0 Å². The largest absolute Gasteiger partial charge is 0.449 e. The van der Waals surface area contributed by atoms with Crippen LogP contribution in [0.3, 0.4) is 0 Å². The van der Waals surface area contributed by atoms with Gasteiger partial charge in [0.2, 0.25) is 5.69 Å². The van der Waals surface area contributed by atoms with Crippen molar-refractivity contribution in [2.24, 2.45) is 7.05 Å². The second kappa shape index (κ2) is 5.13. The Morgan fingerprint density at radius 1 is 0.913 bits per heavy atom. The zero-order valence-corrected chi connectivity index (χ0v) is 13.0. The van der Waals surface area contributed by atoms with E-state index in [1.165, 1.54) is 0 Å². The zero-order valence-electron chi connectivity index (χ0n) is 16.0. The molecule has 1 aromatic heterocycles. The lowest BCUT2D eigenvalue weighted by molar-refractivity contribution is -0.660. The molecule has 4 rings (SSSR count). The molecule has 1 aliphatic rings. The molecule has 3 nitrogen and oxygen atoms in total. The van der Waals surface area contributed by atoms with E-state index < -0.39 is 6.85 Å². The van der Waals surface area contributed by atoms with Crippen LogP contribution in [0.2, 0.25) is 0 Å². The van der Waals surface area contributed by atoms with Crippen molar-refractivity contribution < 1.29 is 18.2 Å². The molecule has 0 saturated carbocycles. The van der Waals surface area contributed by atoms with E-state index in [0.717, 1.165) is 16.8 Å². The van der Waals surface area contributed by atoms with Gasteiger partial charge in [-0.3, -0.25) is 0 Å². The number of nitrogens with zero attached hydrogens (tertiary/aromatic N) is 1. The average molecular weight is 307 g/mol. The highest BCUT2D eigenvalue weighted by Gasteiger charge is 2.26. The normalized spacial score (nSPS) is 14.4. The van der Waals surface area contributed by atoms with Crippen LogP contribution in [-0.2, 0) is 7.05 Å². The average Bonchev–Trinajstić information content (AvgIpc) is 2.60. The van der Waals surface area contributed by atoms with Crippen molar-refractivity contribution in [1.29, 1.82) is 0 Å². The van der Waals surface area contributed by atoms with Crippen molar-refractivity contribution in [3.63, 3.8) is 0 Å². The molecular formula is C20H18NO2+. The summed E-state index contributed by atoms with van der Waals surface area (Å²) in [5.74, 6) is 2.62. The van der Waals surface area contributed by atoms with Crippen molar-refractivity contribution in [3.8, 4) is 34.3 Å². The molecule has 0 aliphatic carbocycles. The summed E-state index contributed by atoms with van der Waals surface area (Å²) in [5.41, 5.74) is 3.06. The molecule has 0 saturated heterocycles. The molecule has 2 heterocycles. The molecule has 0 spiro atoms. The molecule has 1 aliphatic heterocycles. The van der Waals surface area contributed by atoms with E-state index >= 15 is 0 Å². The van der Waals surface area contributed by atoms with Crippen LogP contribution < -0.4 is 14.0 Å². The number of ether oxygens (including phenoxy) is 2. The van der Waals surface area contributed by atoms with Crippen molar-refractivity contribution >= 4 is 0 Å². The maximum atomic E-state index is 7.59. The van der Waals surface area contributed by atoms with Crippen molar-refractivity contribution in [2.45, 2.75) is 13.8 Å². The van der Waals surface area contributed by atoms with Crippen molar-refractivity contribution in [2.75, 3.05) is 0 Å². The van der Waals surface area contributed by atoms with Gasteiger partial charge in [0, 0.05) is 15.7 Å². The number of para-hydroxylation sites is 2. The monoisotopic (exact) mass is 307 g/mol. The summed E-state index contributed by atoms with van der Waals surface area (Å²) >= 11 is 0. The molecule has 23 heavy (non-hydrogen) atoms. The van der Waals surface area contributed by atoms with Gasteiger partial charge in [0.25, 0.3) is 0 Å². The Balaban J connectivity index is 1.87. The highest BCUT2D eigenvalue weighted by molar-refractivity contribution is 5.75. The summed E-state index contributed by atoms with van der Waals surface area (Å²) in [5, 5.41) is 0. The Kier molecular flexibility index (Phi) is 2.42. The third kappa shape index (κ3) is 2.25. The van der Waals surface area contributed by atoms with Gasteiger partial charge in [0.05, 0.1) is 5.56 Å². The van der Waals surface area contributed by atoms with E-state index in [1.54, 1.807) is 12.3 Å². The van der Waals surface area contributed by atoms with Gasteiger partial charge in [-0.1, -0.05) is 18.2 Å². The molecule has 0 fully saturated rings. The fourth-order valence-corrected chi connectivity index (χ4v) is 2.88. The predicted molar refractivity (Wildman–Crippen MR) is 89.1 cm³/mol. The smallest absolute Gasteiger partial charge is 0.216 e. The number of benzene rings is 2. The second-order valence-corrected chi connectivity index (χ2v) is 5.65. The molecule has 2 aromatic carbocycles. The van der Waals surface area contributed by atoms with Crippen LogP contribution in [0.1, 0.15) is 15.2 Å². The standard InChI is InChI=1S/C20H18NO2/c1-13-8-10-15(21(3)12-13)19-14(2)9-11-18-20(19)23-17-7-5-4-6-16(17)22-18/h4-12H,1-3H3/q+1/i1D3. The first kappa shape index (κ1) is 10.8. The lowest BCUT2D eigenvalue weighted by atomic mass is 10.0. The lowest BCUT2D eigenvalue weighted by Gasteiger charge is -2.23. The maximum absolute atomic E-state index is 7.59. The molecule has 3 aromatic rings. The number of aromatic nitrogens is 1. The Bertz CT molecular complexity index is 1010. The first-order valence-electron chi connectivity index (χ1n) is 8.93. The van der Waals surface area contributed by atoms with Crippen LogP contribution in [0.25, 0.3) is 11.3 Å². The molecule has 114 valence electrons. The number of hydrogen-bond acceptors (Lipinski definition) is 2. The number of aryl methyl sites for hydroxylation is 3. The van der Waals surface area contributed by atoms with E-state index in [-0.39, 0.29) is 0 Å². The van der Waals surface area contributed by atoms with Crippen molar-refractivity contribution in [1.82, 2.24) is 0 Å². The fourth-order valence-electron chi connectivity index (χ4n) is 2.88. The van der Waals surface area contributed by atoms with Crippen molar-refractivity contribution in [3.05, 3.63) is 65.9 Å². The SMILES string of the molecule is [2H]C([2H])([2H])c1ccc(-c2c(C)ccc3c2Oc2ccccc2O3)[n+](C)c1. The van der Waals surface area contributed by atoms with E-state index in [4.69, 9.17) is 13.6 Å². The Morgan fingerprint density at radius 2 is 1.70 bits per heavy atom. The third-order valence-corrected chi connectivity index (χ3v) is 4.00. The molecule has 0 bridgehead atoms. The Labute approximate surface area is 140 Å². The zero-order chi connectivity index (χ0) is 18.5. The van der Waals surface area contributed by atoms with Gasteiger partial charge in [0.1, 0.15) is 7.05 Å². The minimum Gasteiger partial charge on any atom is -0.449 e. The van der Waals surface area contributed by atoms with Crippen LogP contribution in [0, 0.1) is 13.8 Å². The van der Waals surface area contributed by atoms with Gasteiger partial charge in [0.15, 0.2) is 29.2 Å². The van der Waals surface area contributed by atoms with Gasteiger partial charge in [-0.25, -0.2) is 4.57 Å². The highest BCUT2D eigenvalue weighted by Crippen LogP contribution is 2.49. The van der Waals surface area contributed by atoms with Crippen LogP contribution in [0.4, 0.5) is 0 Å². The van der Waals surface area contributed by atoms with E-state index in [9.17, 15) is 0 Å². The molecule has 3 heteroatoms. The van der Waals surface area contributed by atoms with Gasteiger partial charge < -0.3 is 9.47 Å². The van der Waals surface area contributed by atoms with Crippen LogP contribution in [0.5, 0.6) is 23.0 Å². The molecule has 0 radical (unpaired) electrons. The van der Waals surface area contributed by atoms with Gasteiger partial charge in [-0.05, 0) is 43.6 Å². The fraction of sp³-hybridized carbons (Fsp3) is 0.150. The molecule has 0 atom stereocenters. The summed E-state index contributed by atoms with van der Waals surface area (Å²) in [6.07, 6.45) is 1.64. The summed E-state index contributed by atoms with van der Waals surface area (Å²) < 4.78 is 36.7. The highest BCUT2D eigenvalue weighted by atomic mass is 16.6. The quantitative estimate of drug-likeness (QED) is 0.476. The summed E-state index contributed by atoms with van der Waals surface area (Å²) in [6.45, 7) is -0.142. The molecule has 0 unspecified atom stereocenters. The van der Waals surface area contributed by atoms with Crippen LogP contribution in [-0.4, -0.2) is 0 Å². The number of fused-ring (bicyclic) bond motifs is 2. The first-order valence-corrected chi connectivity index (χ1v) is 7.43. The van der Waals surface area contributed by atoms with Gasteiger partial charge in [-0.15, -0.1) is 0 Å². The molecule has 0 N–H and O–H groups in total. The van der Waals surface area contributed by atoms with E-state index in [1.807, 2.05) is 61.0 Å². The van der Waals surface area contributed by atoms with E-state index in [0.29, 0.717) is 28.6 Å². The Hall–Kier alpha value is -2.81. The topological polar surface area (TPSA) is 22.3 Å². The second-order valence-electron chi connectivity index (χ2n) is 5.65. The molecular weight excluding hydrogens is 286 g/mol. The third-order valence-electron chi connectivity index (χ3n) is 4.00. The first-order chi connectivity index (χ1) is 12.3. The lowest BCUT2D eigenvalue weighted by Crippen LogP contribution is -2.31. The minimum absolute atomic E-state index is 0.300.